The zero-order valence-corrected chi connectivity index (χ0v) is 12.3. The number of hydrogen-bond donors (Lipinski definition) is 2. The maximum atomic E-state index is 12.3. The van der Waals surface area contributed by atoms with Crippen molar-refractivity contribution in [3.63, 3.8) is 0 Å². The van der Waals surface area contributed by atoms with Gasteiger partial charge in [-0.15, -0.1) is 0 Å². The second kappa shape index (κ2) is 6.39. The quantitative estimate of drug-likeness (QED) is 0.886. The summed E-state index contributed by atoms with van der Waals surface area (Å²) in [5.41, 5.74) is 1.77. The fourth-order valence-corrected chi connectivity index (χ4v) is 2.99. The van der Waals surface area contributed by atoms with Crippen LogP contribution < -0.4 is 10.0 Å². The van der Waals surface area contributed by atoms with Crippen LogP contribution in [0.4, 0.5) is 5.69 Å². The summed E-state index contributed by atoms with van der Waals surface area (Å²) in [5, 5.41) is 11.8. The second-order valence-electron chi connectivity index (χ2n) is 4.48. The molecule has 0 bridgehead atoms. The highest BCUT2D eigenvalue weighted by Gasteiger charge is 2.14. The predicted molar refractivity (Wildman–Crippen MR) is 81.2 cm³/mol. The van der Waals surface area contributed by atoms with Crippen molar-refractivity contribution in [3.8, 4) is 6.07 Å². The first-order valence-corrected chi connectivity index (χ1v) is 7.80. The SMILES string of the molecule is CNCc1cccc(NS(=O)(=O)c2cccc(C#N)c2)c1. The van der Waals surface area contributed by atoms with Crippen LogP contribution in [-0.4, -0.2) is 15.5 Å². The van der Waals surface area contributed by atoms with Crippen molar-refractivity contribution >= 4 is 15.7 Å². The first-order valence-electron chi connectivity index (χ1n) is 6.32. The molecule has 0 saturated heterocycles. The molecule has 5 nitrogen and oxygen atoms in total. The largest absolute Gasteiger partial charge is 0.316 e. The molecular weight excluding hydrogens is 286 g/mol. The Hall–Kier alpha value is -2.36. The van der Waals surface area contributed by atoms with Gasteiger partial charge in [-0.05, 0) is 42.9 Å². The van der Waals surface area contributed by atoms with E-state index in [0.717, 1.165) is 5.56 Å². The second-order valence-corrected chi connectivity index (χ2v) is 6.16. The van der Waals surface area contributed by atoms with Gasteiger partial charge in [0.25, 0.3) is 10.0 Å². The van der Waals surface area contributed by atoms with E-state index < -0.39 is 10.0 Å². The molecule has 0 unspecified atom stereocenters. The van der Waals surface area contributed by atoms with Crippen LogP contribution in [0.3, 0.4) is 0 Å². The summed E-state index contributed by atoms with van der Waals surface area (Å²) in [4.78, 5) is 0.0700. The van der Waals surface area contributed by atoms with E-state index in [1.54, 1.807) is 30.3 Å². The van der Waals surface area contributed by atoms with E-state index in [1.807, 2.05) is 19.2 Å². The van der Waals surface area contributed by atoms with E-state index in [0.29, 0.717) is 17.8 Å². The minimum Gasteiger partial charge on any atom is -0.316 e. The van der Waals surface area contributed by atoms with Gasteiger partial charge >= 0.3 is 0 Å². The van der Waals surface area contributed by atoms with E-state index >= 15 is 0 Å². The van der Waals surface area contributed by atoms with Crippen molar-refractivity contribution in [2.75, 3.05) is 11.8 Å². The van der Waals surface area contributed by atoms with Crippen LogP contribution in [-0.2, 0) is 16.6 Å². The lowest BCUT2D eigenvalue weighted by Crippen LogP contribution is -2.13. The van der Waals surface area contributed by atoms with E-state index in [-0.39, 0.29) is 4.90 Å². The number of nitrogens with one attached hydrogen (secondary N) is 2. The lowest BCUT2D eigenvalue weighted by atomic mass is 10.2. The Bertz CT molecular complexity index is 780. The van der Waals surface area contributed by atoms with Crippen LogP contribution in [0.15, 0.2) is 53.4 Å². The molecule has 0 aromatic heterocycles. The lowest BCUT2D eigenvalue weighted by Gasteiger charge is -2.09. The number of nitrogens with zero attached hydrogens (tertiary/aromatic N) is 1. The lowest BCUT2D eigenvalue weighted by molar-refractivity contribution is 0.601. The van der Waals surface area contributed by atoms with Gasteiger partial charge in [-0.1, -0.05) is 18.2 Å². The summed E-state index contributed by atoms with van der Waals surface area (Å²) < 4.78 is 27.1. The molecule has 0 aliphatic rings. The Labute approximate surface area is 124 Å². The summed E-state index contributed by atoms with van der Waals surface area (Å²) in [5.74, 6) is 0. The Morgan fingerprint density at radius 2 is 1.90 bits per heavy atom. The standard InChI is InChI=1S/C15H15N3O2S/c1-17-11-13-5-2-6-14(8-13)18-21(19,20)15-7-3-4-12(9-15)10-16/h2-9,17-18H,11H2,1H3. The Kier molecular flexibility index (Phi) is 4.58. The normalized spacial score (nSPS) is 10.9. The minimum absolute atomic E-state index is 0.0700. The number of rotatable bonds is 5. The maximum absolute atomic E-state index is 12.3. The van der Waals surface area contributed by atoms with Gasteiger partial charge in [0.15, 0.2) is 0 Å². The van der Waals surface area contributed by atoms with Gasteiger partial charge in [0.05, 0.1) is 16.5 Å². The Balaban J connectivity index is 2.29. The molecule has 108 valence electrons. The first kappa shape index (κ1) is 15.0. The molecule has 0 radical (unpaired) electrons. The molecule has 0 aliphatic heterocycles. The number of benzene rings is 2. The van der Waals surface area contributed by atoms with Crippen LogP contribution in [0.25, 0.3) is 0 Å². The molecule has 6 heteroatoms. The minimum atomic E-state index is -3.70. The number of hydrogen-bond acceptors (Lipinski definition) is 4. The molecule has 0 spiro atoms. The van der Waals surface area contributed by atoms with Crippen LogP contribution in [0, 0.1) is 11.3 Å². The van der Waals surface area contributed by atoms with E-state index in [9.17, 15) is 8.42 Å². The number of sulfonamides is 1. The third-order valence-corrected chi connectivity index (χ3v) is 4.21. The molecule has 2 rings (SSSR count). The molecule has 0 aliphatic carbocycles. The summed E-state index contributed by atoms with van der Waals surface area (Å²) >= 11 is 0. The fraction of sp³-hybridized carbons (Fsp3) is 0.133. The van der Waals surface area contributed by atoms with Gasteiger partial charge in [0, 0.05) is 12.2 Å². The monoisotopic (exact) mass is 301 g/mol. The van der Waals surface area contributed by atoms with Crippen LogP contribution in [0.5, 0.6) is 0 Å². The molecule has 2 aromatic rings. The molecule has 0 atom stereocenters. The average molecular weight is 301 g/mol. The molecule has 0 saturated carbocycles. The summed E-state index contributed by atoms with van der Waals surface area (Å²) in [6.07, 6.45) is 0. The van der Waals surface area contributed by atoms with E-state index in [4.69, 9.17) is 5.26 Å². The Morgan fingerprint density at radius 1 is 1.14 bits per heavy atom. The van der Waals surface area contributed by atoms with Crippen LogP contribution in [0.1, 0.15) is 11.1 Å². The van der Waals surface area contributed by atoms with Gasteiger partial charge in [-0.3, -0.25) is 4.72 Å². The summed E-state index contributed by atoms with van der Waals surface area (Å²) in [7, 11) is -1.88. The van der Waals surface area contributed by atoms with Gasteiger partial charge in [0.2, 0.25) is 0 Å². The Morgan fingerprint density at radius 3 is 2.62 bits per heavy atom. The van der Waals surface area contributed by atoms with Crippen molar-refractivity contribution in [1.29, 1.82) is 5.26 Å². The van der Waals surface area contributed by atoms with Gasteiger partial charge in [-0.2, -0.15) is 5.26 Å². The molecule has 0 fully saturated rings. The van der Waals surface area contributed by atoms with Crippen molar-refractivity contribution in [1.82, 2.24) is 5.32 Å². The third-order valence-electron chi connectivity index (χ3n) is 2.83. The molecule has 21 heavy (non-hydrogen) atoms. The van der Waals surface area contributed by atoms with Gasteiger partial charge in [0.1, 0.15) is 0 Å². The highest BCUT2D eigenvalue weighted by molar-refractivity contribution is 7.92. The zero-order chi connectivity index (χ0) is 15.3. The van der Waals surface area contributed by atoms with Crippen LogP contribution >= 0.6 is 0 Å². The summed E-state index contributed by atoms with van der Waals surface area (Å²) in [6.45, 7) is 0.652. The zero-order valence-electron chi connectivity index (χ0n) is 11.5. The van der Waals surface area contributed by atoms with E-state index in [1.165, 1.54) is 12.1 Å². The molecular formula is C15H15N3O2S. The molecule has 2 N–H and O–H groups in total. The molecule has 2 aromatic carbocycles. The number of nitriles is 1. The fourth-order valence-electron chi connectivity index (χ4n) is 1.90. The van der Waals surface area contributed by atoms with Crippen LogP contribution in [0.2, 0.25) is 0 Å². The van der Waals surface area contributed by atoms with Gasteiger partial charge < -0.3 is 5.32 Å². The highest BCUT2D eigenvalue weighted by Crippen LogP contribution is 2.18. The van der Waals surface area contributed by atoms with Crippen molar-refractivity contribution in [2.24, 2.45) is 0 Å². The summed E-state index contributed by atoms with van der Waals surface area (Å²) in [6, 6.07) is 15.0. The van der Waals surface area contributed by atoms with Crippen molar-refractivity contribution in [2.45, 2.75) is 11.4 Å². The molecule has 0 amide bonds. The van der Waals surface area contributed by atoms with E-state index in [2.05, 4.69) is 10.0 Å². The molecule has 0 heterocycles. The average Bonchev–Trinajstić information content (AvgIpc) is 2.47. The smallest absolute Gasteiger partial charge is 0.261 e. The van der Waals surface area contributed by atoms with Crippen molar-refractivity contribution in [3.05, 3.63) is 59.7 Å². The maximum Gasteiger partial charge on any atom is 0.261 e. The topological polar surface area (TPSA) is 82.0 Å². The third kappa shape index (κ3) is 3.81. The number of anilines is 1. The van der Waals surface area contributed by atoms with Gasteiger partial charge in [-0.25, -0.2) is 8.42 Å². The first-order chi connectivity index (χ1) is 10.0. The predicted octanol–water partition coefficient (Wildman–Crippen LogP) is 2.08. The van der Waals surface area contributed by atoms with Crippen molar-refractivity contribution < 1.29 is 8.42 Å². The highest BCUT2D eigenvalue weighted by atomic mass is 32.2.